The van der Waals surface area contributed by atoms with Gasteiger partial charge in [0.2, 0.25) is 0 Å². The Morgan fingerprint density at radius 3 is 2.71 bits per heavy atom. The highest BCUT2D eigenvalue weighted by atomic mass is 16.5. The van der Waals surface area contributed by atoms with Crippen LogP contribution in [-0.4, -0.2) is 22.4 Å². The number of carbonyl (C=O) groups excluding carboxylic acids is 1. The van der Waals surface area contributed by atoms with Gasteiger partial charge in [0.15, 0.2) is 5.78 Å². The summed E-state index contributed by atoms with van der Waals surface area (Å²) in [6.45, 7) is 0.658. The molecule has 0 spiro atoms. The maximum Gasteiger partial charge on any atom is 0.164 e. The minimum atomic E-state index is 0.126. The highest BCUT2D eigenvalue weighted by Gasteiger charge is 2.05. The zero-order chi connectivity index (χ0) is 12.1. The summed E-state index contributed by atoms with van der Waals surface area (Å²) in [7, 11) is 1.61. The molecule has 0 unspecified atom stereocenters. The number of ether oxygens (including phenoxy) is 1. The predicted molar refractivity (Wildman–Crippen MR) is 64.2 cm³/mol. The first-order valence-electron chi connectivity index (χ1n) is 5.42. The van der Waals surface area contributed by atoms with E-state index in [1.807, 2.05) is 10.8 Å². The molecule has 2 rings (SSSR count). The molecule has 88 valence electrons. The average molecular weight is 230 g/mol. The molecule has 0 N–H and O–H groups in total. The molecule has 1 heterocycles. The van der Waals surface area contributed by atoms with Gasteiger partial charge in [-0.1, -0.05) is 0 Å². The fourth-order valence-corrected chi connectivity index (χ4v) is 1.57. The van der Waals surface area contributed by atoms with Crippen LogP contribution in [0.4, 0.5) is 0 Å². The Morgan fingerprint density at radius 2 is 2.12 bits per heavy atom. The zero-order valence-electron chi connectivity index (χ0n) is 9.67. The lowest BCUT2D eigenvalue weighted by atomic mass is 10.1. The van der Waals surface area contributed by atoms with Gasteiger partial charge in [-0.2, -0.15) is 0 Å². The van der Waals surface area contributed by atoms with E-state index in [0.29, 0.717) is 18.5 Å². The van der Waals surface area contributed by atoms with Crippen LogP contribution < -0.4 is 4.74 Å². The second kappa shape index (κ2) is 5.30. The number of hydrogen-bond donors (Lipinski definition) is 0. The monoisotopic (exact) mass is 230 g/mol. The molecule has 4 nitrogen and oxygen atoms in total. The second-order valence-electron chi connectivity index (χ2n) is 3.70. The number of imidazole rings is 1. The molecule has 17 heavy (non-hydrogen) atoms. The second-order valence-corrected chi connectivity index (χ2v) is 3.70. The standard InChI is InChI=1S/C13H14N2O2/c1-17-12-4-2-11(3-5-12)13(16)6-8-15-9-7-14-10-15/h2-5,7,9-10H,6,8H2,1H3. The number of aryl methyl sites for hydroxylation is 1. The molecule has 1 aromatic carbocycles. The van der Waals surface area contributed by atoms with Crippen molar-refractivity contribution in [1.82, 2.24) is 9.55 Å². The molecule has 4 heteroatoms. The van der Waals surface area contributed by atoms with Crippen molar-refractivity contribution < 1.29 is 9.53 Å². The lowest BCUT2D eigenvalue weighted by Gasteiger charge is -2.03. The number of methoxy groups -OCH3 is 1. The quantitative estimate of drug-likeness (QED) is 0.739. The highest BCUT2D eigenvalue weighted by Crippen LogP contribution is 2.12. The van der Waals surface area contributed by atoms with E-state index < -0.39 is 0 Å². The largest absolute Gasteiger partial charge is 0.497 e. The summed E-state index contributed by atoms with van der Waals surface area (Å²) in [6.07, 6.45) is 5.74. The van der Waals surface area contributed by atoms with Gasteiger partial charge in [0, 0.05) is 30.9 Å². The van der Waals surface area contributed by atoms with Crippen LogP contribution >= 0.6 is 0 Å². The summed E-state index contributed by atoms with van der Waals surface area (Å²) < 4.78 is 6.93. The number of hydrogen-bond acceptors (Lipinski definition) is 3. The van der Waals surface area contributed by atoms with Gasteiger partial charge in [0.1, 0.15) is 5.75 Å². The maximum absolute atomic E-state index is 11.9. The first-order chi connectivity index (χ1) is 8.29. The van der Waals surface area contributed by atoms with Crippen molar-refractivity contribution >= 4 is 5.78 Å². The van der Waals surface area contributed by atoms with Crippen molar-refractivity contribution in [2.45, 2.75) is 13.0 Å². The minimum Gasteiger partial charge on any atom is -0.497 e. The number of nitrogens with zero attached hydrogens (tertiary/aromatic N) is 2. The summed E-state index contributed by atoms with van der Waals surface area (Å²) in [5.41, 5.74) is 0.714. The van der Waals surface area contributed by atoms with Crippen molar-refractivity contribution in [3.05, 3.63) is 48.5 Å². The molecule has 0 bridgehead atoms. The Bertz CT molecular complexity index is 475. The molecule has 0 radical (unpaired) electrons. The first-order valence-corrected chi connectivity index (χ1v) is 5.42. The summed E-state index contributed by atoms with van der Waals surface area (Å²) in [5, 5.41) is 0. The van der Waals surface area contributed by atoms with Gasteiger partial charge < -0.3 is 9.30 Å². The number of carbonyl (C=O) groups is 1. The molecule has 1 aromatic heterocycles. The fourth-order valence-electron chi connectivity index (χ4n) is 1.57. The molecule has 0 aliphatic heterocycles. The van der Waals surface area contributed by atoms with Crippen LogP contribution in [0, 0.1) is 0 Å². The first kappa shape index (κ1) is 11.4. The Hall–Kier alpha value is -2.10. The van der Waals surface area contributed by atoms with Gasteiger partial charge in [0.25, 0.3) is 0 Å². The Kier molecular flexibility index (Phi) is 3.55. The van der Waals surface area contributed by atoms with Gasteiger partial charge in [0.05, 0.1) is 13.4 Å². The van der Waals surface area contributed by atoms with E-state index in [9.17, 15) is 4.79 Å². The SMILES string of the molecule is COc1ccc(C(=O)CCn2ccnc2)cc1. The van der Waals surface area contributed by atoms with Gasteiger partial charge in [-0.15, -0.1) is 0 Å². The van der Waals surface area contributed by atoms with Crippen molar-refractivity contribution in [1.29, 1.82) is 0 Å². The van der Waals surface area contributed by atoms with Crippen molar-refractivity contribution in [2.75, 3.05) is 7.11 Å². The van der Waals surface area contributed by atoms with Gasteiger partial charge in [-0.25, -0.2) is 4.98 Å². The molecule has 0 aliphatic rings. The maximum atomic E-state index is 11.9. The molecule has 2 aromatic rings. The average Bonchev–Trinajstić information content (AvgIpc) is 2.89. The molecule has 0 atom stereocenters. The fraction of sp³-hybridized carbons (Fsp3) is 0.231. The molecule has 0 saturated carbocycles. The normalized spacial score (nSPS) is 10.2. The lowest BCUT2D eigenvalue weighted by molar-refractivity contribution is 0.0977. The number of benzene rings is 1. The van der Waals surface area contributed by atoms with E-state index in [1.54, 1.807) is 43.9 Å². The third-order valence-corrected chi connectivity index (χ3v) is 2.57. The number of ketones is 1. The van der Waals surface area contributed by atoms with Crippen LogP contribution in [0.5, 0.6) is 5.75 Å². The van der Waals surface area contributed by atoms with E-state index >= 15 is 0 Å². The van der Waals surface area contributed by atoms with Crippen molar-refractivity contribution in [3.8, 4) is 5.75 Å². The molecule has 0 aliphatic carbocycles. The molecular formula is C13H14N2O2. The molecule has 0 fully saturated rings. The van der Waals surface area contributed by atoms with Gasteiger partial charge in [-0.05, 0) is 24.3 Å². The van der Waals surface area contributed by atoms with Crippen LogP contribution in [0.3, 0.4) is 0 Å². The summed E-state index contributed by atoms with van der Waals surface area (Å²) >= 11 is 0. The van der Waals surface area contributed by atoms with Crippen molar-refractivity contribution in [3.63, 3.8) is 0 Å². The predicted octanol–water partition coefficient (Wildman–Crippen LogP) is 2.16. The third-order valence-electron chi connectivity index (χ3n) is 2.57. The molecular weight excluding hydrogens is 216 g/mol. The van der Waals surface area contributed by atoms with Crippen molar-refractivity contribution in [2.24, 2.45) is 0 Å². The van der Waals surface area contributed by atoms with Gasteiger partial charge >= 0.3 is 0 Å². The van der Waals surface area contributed by atoms with E-state index in [4.69, 9.17) is 4.74 Å². The van der Waals surface area contributed by atoms with E-state index in [0.717, 1.165) is 5.75 Å². The van der Waals surface area contributed by atoms with Crippen LogP contribution in [-0.2, 0) is 6.54 Å². The molecule has 0 amide bonds. The minimum absolute atomic E-state index is 0.126. The summed E-state index contributed by atoms with van der Waals surface area (Å²) in [4.78, 5) is 15.8. The van der Waals surface area contributed by atoms with E-state index in [-0.39, 0.29) is 5.78 Å². The van der Waals surface area contributed by atoms with E-state index in [1.165, 1.54) is 0 Å². The van der Waals surface area contributed by atoms with E-state index in [2.05, 4.69) is 4.98 Å². The number of aromatic nitrogens is 2. The Labute approximate surface area is 99.9 Å². The smallest absolute Gasteiger partial charge is 0.164 e. The zero-order valence-corrected chi connectivity index (χ0v) is 9.67. The lowest BCUT2D eigenvalue weighted by Crippen LogP contribution is -2.04. The number of Topliss-reactive ketones (excluding diaryl/α,β-unsaturated/α-hetero) is 1. The Morgan fingerprint density at radius 1 is 1.35 bits per heavy atom. The van der Waals surface area contributed by atoms with Crippen LogP contribution in [0.15, 0.2) is 43.0 Å². The topological polar surface area (TPSA) is 44.1 Å². The molecule has 0 saturated heterocycles. The van der Waals surface area contributed by atoms with Crippen LogP contribution in [0.25, 0.3) is 0 Å². The summed E-state index contributed by atoms with van der Waals surface area (Å²) in [6, 6.07) is 7.17. The summed E-state index contributed by atoms with van der Waals surface area (Å²) in [5.74, 6) is 0.887. The Balaban J connectivity index is 1.95. The van der Waals surface area contributed by atoms with Crippen LogP contribution in [0.2, 0.25) is 0 Å². The third kappa shape index (κ3) is 2.93. The highest BCUT2D eigenvalue weighted by molar-refractivity contribution is 5.96. The number of rotatable bonds is 5. The van der Waals surface area contributed by atoms with Crippen LogP contribution in [0.1, 0.15) is 16.8 Å². The van der Waals surface area contributed by atoms with Gasteiger partial charge in [-0.3, -0.25) is 4.79 Å².